The number of rotatable bonds is 0. The molecule has 1 aromatic rings. The molecule has 2 atom stereocenters. The highest BCUT2D eigenvalue weighted by Crippen LogP contribution is 2.40. The average Bonchev–Trinajstić information content (AvgIpc) is 2.32. The van der Waals surface area contributed by atoms with Gasteiger partial charge >= 0.3 is 0 Å². The Kier molecular flexibility index (Phi) is 1.93. The van der Waals surface area contributed by atoms with Gasteiger partial charge in [-0.3, -0.25) is 0 Å². The molecule has 1 heterocycles. The zero-order chi connectivity index (χ0) is 9.59. The molecular weight excluding hydrogens is 193 g/mol. The van der Waals surface area contributed by atoms with Gasteiger partial charge in [0.15, 0.2) is 0 Å². The van der Waals surface area contributed by atoms with Gasteiger partial charge in [-0.2, -0.15) is 0 Å². The summed E-state index contributed by atoms with van der Waals surface area (Å²) in [5.74, 6) is 0.139. The molecule has 0 radical (unpaired) electrons. The molecule has 2 unspecified atom stereocenters. The Balaban J connectivity index is 2.57. The molecule has 1 aromatic carbocycles. The molecule has 2 N–H and O–H groups in total. The quantitative estimate of drug-likeness (QED) is 0.699. The van der Waals surface area contributed by atoms with Gasteiger partial charge in [-0.1, -0.05) is 11.6 Å². The smallest absolute Gasteiger partial charge is 0.143 e. The highest BCUT2D eigenvalue weighted by molar-refractivity contribution is 6.32. The molecule has 1 aliphatic heterocycles. The van der Waals surface area contributed by atoms with Crippen LogP contribution in [0.2, 0.25) is 5.02 Å². The van der Waals surface area contributed by atoms with E-state index in [1.807, 2.05) is 6.92 Å². The molecule has 0 spiro atoms. The summed E-state index contributed by atoms with van der Waals surface area (Å²) in [6, 6.07) is 2.31. The Labute approximate surface area is 80.4 Å². The van der Waals surface area contributed by atoms with E-state index in [1.165, 1.54) is 12.1 Å². The number of hydrogen-bond donors (Lipinski definition) is 1. The van der Waals surface area contributed by atoms with Gasteiger partial charge in [0, 0.05) is 5.56 Å². The molecule has 0 amide bonds. The maximum Gasteiger partial charge on any atom is 0.143 e. The minimum Gasteiger partial charge on any atom is -0.487 e. The fourth-order valence-electron chi connectivity index (χ4n) is 1.46. The lowest BCUT2D eigenvalue weighted by atomic mass is 10.1. The van der Waals surface area contributed by atoms with Crippen LogP contribution in [0.4, 0.5) is 4.39 Å². The molecule has 2 nitrogen and oxygen atoms in total. The van der Waals surface area contributed by atoms with Crippen molar-refractivity contribution in [1.82, 2.24) is 0 Å². The molecule has 0 saturated heterocycles. The van der Waals surface area contributed by atoms with Gasteiger partial charge < -0.3 is 10.5 Å². The molecular formula is C9H9ClFNO. The zero-order valence-corrected chi connectivity index (χ0v) is 7.81. The van der Waals surface area contributed by atoms with E-state index in [9.17, 15) is 4.39 Å². The molecule has 1 aliphatic rings. The van der Waals surface area contributed by atoms with Gasteiger partial charge in [0.1, 0.15) is 17.7 Å². The summed E-state index contributed by atoms with van der Waals surface area (Å²) in [6.07, 6.45) is -0.144. The van der Waals surface area contributed by atoms with Crippen molar-refractivity contribution < 1.29 is 9.13 Å². The van der Waals surface area contributed by atoms with Crippen molar-refractivity contribution in [2.45, 2.75) is 19.1 Å². The first kappa shape index (κ1) is 8.78. The normalized spacial score (nSPS) is 25.5. The van der Waals surface area contributed by atoms with Gasteiger partial charge in [0.25, 0.3) is 0 Å². The zero-order valence-electron chi connectivity index (χ0n) is 7.05. The van der Waals surface area contributed by atoms with Crippen molar-refractivity contribution >= 4 is 11.6 Å². The first-order chi connectivity index (χ1) is 6.09. The number of benzene rings is 1. The lowest BCUT2D eigenvalue weighted by molar-refractivity contribution is 0.228. The molecule has 0 aliphatic carbocycles. The summed E-state index contributed by atoms with van der Waals surface area (Å²) in [7, 11) is 0. The van der Waals surface area contributed by atoms with Gasteiger partial charge in [-0.25, -0.2) is 4.39 Å². The van der Waals surface area contributed by atoms with Crippen molar-refractivity contribution in [3.05, 3.63) is 28.5 Å². The number of halogens is 2. The van der Waals surface area contributed by atoms with E-state index in [0.29, 0.717) is 11.3 Å². The summed E-state index contributed by atoms with van der Waals surface area (Å²) in [4.78, 5) is 0. The van der Waals surface area contributed by atoms with Crippen molar-refractivity contribution in [2.75, 3.05) is 0 Å². The summed E-state index contributed by atoms with van der Waals surface area (Å²) >= 11 is 5.78. The van der Waals surface area contributed by atoms with Crippen LogP contribution in [0.25, 0.3) is 0 Å². The van der Waals surface area contributed by atoms with Crippen molar-refractivity contribution in [3.63, 3.8) is 0 Å². The molecule has 0 aromatic heterocycles. The summed E-state index contributed by atoms with van der Waals surface area (Å²) in [5.41, 5.74) is 6.43. The van der Waals surface area contributed by atoms with Gasteiger partial charge in [0.2, 0.25) is 0 Å². The molecule has 0 saturated carbocycles. The van der Waals surface area contributed by atoms with E-state index in [1.54, 1.807) is 0 Å². The lowest BCUT2D eigenvalue weighted by Crippen LogP contribution is -2.21. The van der Waals surface area contributed by atoms with Crippen LogP contribution in [0, 0.1) is 5.82 Å². The molecule has 0 fully saturated rings. The average molecular weight is 202 g/mol. The highest BCUT2D eigenvalue weighted by atomic mass is 35.5. The van der Waals surface area contributed by atoms with Crippen molar-refractivity contribution in [2.24, 2.45) is 5.73 Å². The third-order valence-electron chi connectivity index (χ3n) is 2.21. The van der Waals surface area contributed by atoms with Crippen molar-refractivity contribution in [3.8, 4) is 5.75 Å². The monoisotopic (exact) mass is 201 g/mol. The Morgan fingerprint density at radius 1 is 1.54 bits per heavy atom. The van der Waals surface area contributed by atoms with E-state index in [4.69, 9.17) is 22.1 Å². The van der Waals surface area contributed by atoms with E-state index < -0.39 is 0 Å². The number of ether oxygens (including phenoxy) is 1. The predicted octanol–water partition coefficient (Wildman–Crippen LogP) is 2.26. The number of nitrogens with two attached hydrogens (primary N) is 1. The second kappa shape index (κ2) is 2.86. The first-order valence-electron chi connectivity index (χ1n) is 4.01. The largest absolute Gasteiger partial charge is 0.487 e. The van der Waals surface area contributed by atoms with Crippen LogP contribution in [-0.4, -0.2) is 6.10 Å². The Bertz CT molecular complexity index is 356. The fraction of sp³-hybridized carbons (Fsp3) is 0.333. The second-order valence-corrected chi connectivity index (χ2v) is 3.56. The number of hydrogen-bond acceptors (Lipinski definition) is 2. The maximum atomic E-state index is 12.9. The van der Waals surface area contributed by atoms with Crippen LogP contribution in [0.5, 0.6) is 5.75 Å². The maximum absolute atomic E-state index is 12.9. The summed E-state index contributed by atoms with van der Waals surface area (Å²) < 4.78 is 18.3. The predicted molar refractivity (Wildman–Crippen MR) is 48.4 cm³/mol. The molecule has 70 valence electrons. The van der Waals surface area contributed by atoms with E-state index >= 15 is 0 Å². The van der Waals surface area contributed by atoms with Crippen LogP contribution in [0.15, 0.2) is 12.1 Å². The molecule has 13 heavy (non-hydrogen) atoms. The molecule has 2 rings (SSSR count). The lowest BCUT2D eigenvalue weighted by Gasteiger charge is -2.07. The Hall–Kier alpha value is -0.800. The highest BCUT2D eigenvalue weighted by Gasteiger charge is 2.30. The van der Waals surface area contributed by atoms with Crippen LogP contribution >= 0.6 is 11.6 Å². The Morgan fingerprint density at radius 2 is 2.23 bits per heavy atom. The topological polar surface area (TPSA) is 35.2 Å². The van der Waals surface area contributed by atoms with Gasteiger partial charge in [0.05, 0.1) is 11.1 Å². The first-order valence-corrected chi connectivity index (χ1v) is 4.38. The summed E-state index contributed by atoms with van der Waals surface area (Å²) in [6.45, 7) is 1.83. The third-order valence-corrected chi connectivity index (χ3v) is 2.49. The minimum absolute atomic E-state index is 0.144. The Morgan fingerprint density at radius 3 is 2.92 bits per heavy atom. The van der Waals surface area contributed by atoms with Crippen LogP contribution in [-0.2, 0) is 0 Å². The minimum atomic E-state index is -0.378. The van der Waals surface area contributed by atoms with Crippen LogP contribution < -0.4 is 10.5 Å². The van der Waals surface area contributed by atoms with Gasteiger partial charge in [-0.15, -0.1) is 0 Å². The number of fused-ring (bicyclic) bond motifs is 1. The standard InChI is InChI=1S/C9H9ClFNO/c1-4-8(12)6-2-5(11)3-7(10)9(6)13-4/h2-4,8H,12H2,1H3. The second-order valence-electron chi connectivity index (χ2n) is 3.15. The third kappa shape index (κ3) is 1.28. The van der Waals surface area contributed by atoms with Crippen molar-refractivity contribution in [1.29, 1.82) is 0 Å². The fourth-order valence-corrected chi connectivity index (χ4v) is 1.72. The van der Waals surface area contributed by atoms with E-state index in [2.05, 4.69) is 0 Å². The van der Waals surface area contributed by atoms with Gasteiger partial charge in [-0.05, 0) is 19.1 Å². The SMILES string of the molecule is CC1Oc2c(Cl)cc(F)cc2C1N. The van der Waals surface area contributed by atoms with Crippen LogP contribution in [0.3, 0.4) is 0 Å². The molecule has 0 bridgehead atoms. The van der Waals surface area contributed by atoms with E-state index in [-0.39, 0.29) is 23.0 Å². The van der Waals surface area contributed by atoms with E-state index in [0.717, 1.165) is 0 Å². The van der Waals surface area contributed by atoms with Crippen LogP contribution in [0.1, 0.15) is 18.5 Å². The molecule has 4 heteroatoms. The summed E-state index contributed by atoms with van der Waals surface area (Å²) in [5, 5.41) is 0.287.